The number of benzene rings is 2. The Hall–Kier alpha value is -2.84. The van der Waals surface area contributed by atoms with Crippen molar-refractivity contribution in [2.24, 2.45) is 5.92 Å². The van der Waals surface area contributed by atoms with Crippen molar-refractivity contribution in [1.82, 2.24) is 10.2 Å². The molecule has 0 unspecified atom stereocenters. The molecule has 2 aromatic rings. The summed E-state index contributed by atoms with van der Waals surface area (Å²) in [6.07, 6.45) is -1.10. The molecule has 8 heteroatoms. The zero-order chi connectivity index (χ0) is 26.7. The van der Waals surface area contributed by atoms with Crippen molar-refractivity contribution in [2.75, 3.05) is 26.2 Å². The van der Waals surface area contributed by atoms with Crippen LogP contribution < -0.4 is 10.1 Å². The highest BCUT2D eigenvalue weighted by Crippen LogP contribution is 2.50. The second-order valence-corrected chi connectivity index (χ2v) is 10.1. The summed E-state index contributed by atoms with van der Waals surface area (Å²) in [5.74, 6) is -1.31. The van der Waals surface area contributed by atoms with Gasteiger partial charge in [0.1, 0.15) is 18.2 Å². The van der Waals surface area contributed by atoms with Gasteiger partial charge in [0.2, 0.25) is 6.43 Å². The van der Waals surface area contributed by atoms with Gasteiger partial charge in [0.25, 0.3) is 0 Å². The van der Waals surface area contributed by atoms with Crippen LogP contribution in [-0.2, 0) is 11.2 Å². The Balaban J connectivity index is 1.67. The number of alkyl halides is 2. The first-order valence-electron chi connectivity index (χ1n) is 12.9. The number of nitrogens with one attached hydrogen (secondary N) is 1. The van der Waals surface area contributed by atoms with Crippen molar-refractivity contribution >= 4 is 11.5 Å². The van der Waals surface area contributed by atoms with Crippen molar-refractivity contribution in [3.63, 3.8) is 0 Å². The molecule has 0 fully saturated rings. The van der Waals surface area contributed by atoms with Crippen LogP contribution in [0.5, 0.6) is 5.75 Å². The smallest absolute Gasteiger partial charge is 0.307 e. The molecule has 4 rings (SSSR count). The van der Waals surface area contributed by atoms with Crippen LogP contribution in [0.25, 0.3) is 5.57 Å². The van der Waals surface area contributed by atoms with Gasteiger partial charge >= 0.3 is 5.97 Å². The zero-order valence-electron chi connectivity index (χ0n) is 21.6. The third kappa shape index (κ3) is 5.85. The van der Waals surface area contributed by atoms with Gasteiger partial charge in [-0.2, -0.15) is 0 Å². The van der Waals surface area contributed by atoms with Crippen LogP contribution in [0, 0.1) is 18.7 Å². The first kappa shape index (κ1) is 27.2. The van der Waals surface area contributed by atoms with Gasteiger partial charge in [-0.3, -0.25) is 9.69 Å². The van der Waals surface area contributed by atoms with E-state index in [1.54, 1.807) is 13.0 Å². The van der Waals surface area contributed by atoms with E-state index in [2.05, 4.69) is 29.3 Å². The van der Waals surface area contributed by atoms with Gasteiger partial charge in [0.15, 0.2) is 0 Å². The Bertz CT molecular complexity index is 1170. The summed E-state index contributed by atoms with van der Waals surface area (Å²) in [6, 6.07) is 10.8. The topological polar surface area (TPSA) is 61.8 Å². The molecule has 0 radical (unpaired) electrons. The number of halogens is 3. The summed E-state index contributed by atoms with van der Waals surface area (Å²) in [7, 11) is 0. The fraction of sp³-hybridized carbons (Fsp3) is 0.483. The molecule has 0 amide bonds. The SMILES string of the molecule is Cc1c(OCCNCCC(F)F)ccc(F)c1[C@@H]1C2=C(C[C@@H](C)N1C[C@@H](C)C(=O)O)c1ccccc1C2. The quantitative estimate of drug-likeness (QED) is 0.380. The van der Waals surface area contributed by atoms with Crippen LogP contribution in [0.3, 0.4) is 0 Å². The number of rotatable bonds is 11. The molecular weight excluding hydrogens is 481 g/mol. The Morgan fingerprint density at radius 2 is 1.97 bits per heavy atom. The predicted molar refractivity (Wildman–Crippen MR) is 138 cm³/mol. The maximum Gasteiger partial charge on any atom is 0.307 e. The number of ether oxygens (including phenoxy) is 1. The van der Waals surface area contributed by atoms with E-state index in [0.717, 1.165) is 12.0 Å². The fourth-order valence-electron chi connectivity index (χ4n) is 5.58. The van der Waals surface area contributed by atoms with Crippen molar-refractivity contribution < 1.29 is 27.8 Å². The molecule has 5 nitrogen and oxygen atoms in total. The monoisotopic (exact) mass is 516 g/mol. The molecule has 0 aromatic heterocycles. The highest BCUT2D eigenvalue weighted by Gasteiger charge is 2.41. The van der Waals surface area contributed by atoms with Crippen molar-refractivity contribution in [3.8, 4) is 5.75 Å². The van der Waals surface area contributed by atoms with E-state index >= 15 is 4.39 Å². The molecule has 0 saturated heterocycles. The number of nitrogens with zero attached hydrogens (tertiary/aromatic N) is 1. The maximum atomic E-state index is 15.7. The molecule has 2 aromatic carbocycles. The van der Waals surface area contributed by atoms with Crippen LogP contribution in [0.15, 0.2) is 42.0 Å². The van der Waals surface area contributed by atoms with Crippen molar-refractivity contribution in [2.45, 2.75) is 58.5 Å². The number of carboxylic acids is 1. The molecule has 1 aliphatic heterocycles. The van der Waals surface area contributed by atoms with Gasteiger partial charge in [0, 0.05) is 37.7 Å². The van der Waals surface area contributed by atoms with E-state index in [1.807, 2.05) is 19.1 Å². The van der Waals surface area contributed by atoms with Crippen molar-refractivity contribution in [1.29, 1.82) is 0 Å². The lowest BCUT2D eigenvalue weighted by Gasteiger charge is -2.43. The number of hydrogen-bond acceptors (Lipinski definition) is 4. The van der Waals surface area contributed by atoms with Crippen LogP contribution in [0.4, 0.5) is 13.2 Å². The van der Waals surface area contributed by atoms with E-state index in [-0.39, 0.29) is 31.4 Å². The summed E-state index contributed by atoms with van der Waals surface area (Å²) in [5.41, 5.74) is 5.92. The Morgan fingerprint density at radius 3 is 2.70 bits per heavy atom. The van der Waals surface area contributed by atoms with Gasteiger partial charge in [-0.15, -0.1) is 0 Å². The van der Waals surface area contributed by atoms with Crippen LogP contribution in [0.1, 0.15) is 55.0 Å². The molecule has 1 aliphatic carbocycles. The van der Waals surface area contributed by atoms with Gasteiger partial charge in [-0.1, -0.05) is 31.2 Å². The molecular formula is C29H35F3N2O3. The Kier molecular flexibility index (Phi) is 8.60. The number of carboxylic acid groups (broad SMARTS) is 1. The molecule has 2 aliphatic rings. The first-order valence-corrected chi connectivity index (χ1v) is 12.9. The molecule has 0 bridgehead atoms. The molecule has 3 atom stereocenters. The second kappa shape index (κ2) is 11.7. The number of carbonyl (C=O) groups is 1. The minimum Gasteiger partial charge on any atom is -0.492 e. The van der Waals surface area contributed by atoms with Gasteiger partial charge in [-0.05, 0) is 66.7 Å². The lowest BCUT2D eigenvalue weighted by Crippen LogP contribution is -2.45. The Labute approximate surface area is 216 Å². The number of fused-ring (bicyclic) bond motifs is 2. The minimum absolute atomic E-state index is 0.0131. The van der Waals surface area contributed by atoms with E-state index in [0.29, 0.717) is 36.4 Å². The molecule has 0 spiro atoms. The highest BCUT2D eigenvalue weighted by atomic mass is 19.3. The predicted octanol–water partition coefficient (Wildman–Crippen LogP) is 5.62. The molecule has 1 heterocycles. The number of hydrogen-bond donors (Lipinski definition) is 2. The fourth-order valence-corrected chi connectivity index (χ4v) is 5.58. The summed E-state index contributed by atoms with van der Waals surface area (Å²) < 4.78 is 46.3. The highest BCUT2D eigenvalue weighted by molar-refractivity contribution is 5.79. The van der Waals surface area contributed by atoms with Crippen LogP contribution in [0.2, 0.25) is 0 Å². The Morgan fingerprint density at radius 1 is 1.22 bits per heavy atom. The van der Waals surface area contributed by atoms with E-state index in [4.69, 9.17) is 4.74 Å². The van der Waals surface area contributed by atoms with E-state index < -0.39 is 24.4 Å². The number of aliphatic carboxylic acids is 1. The average molecular weight is 517 g/mol. The van der Waals surface area contributed by atoms with E-state index in [9.17, 15) is 18.7 Å². The third-order valence-corrected chi connectivity index (χ3v) is 7.51. The normalized spacial score (nSPS) is 20.2. The summed E-state index contributed by atoms with van der Waals surface area (Å²) in [5, 5.41) is 12.6. The second-order valence-electron chi connectivity index (χ2n) is 10.1. The van der Waals surface area contributed by atoms with E-state index in [1.165, 1.54) is 22.8 Å². The standard InChI is InChI=1S/C29H35F3N2O3/c1-17(29(35)36)16-34-18(2)14-22-21-7-5-4-6-20(21)15-23(22)28(34)27-19(3)25(9-8-24(27)30)37-13-12-33-11-10-26(31)32/h4-9,17-18,26,28,33H,10-16H2,1-3H3,(H,35,36)/t17-,18-,28+/m1/s1. The summed E-state index contributed by atoms with van der Waals surface area (Å²) in [4.78, 5) is 13.9. The molecule has 37 heavy (non-hydrogen) atoms. The third-order valence-electron chi connectivity index (χ3n) is 7.51. The van der Waals surface area contributed by atoms with Crippen molar-refractivity contribution in [3.05, 3.63) is 70.0 Å². The average Bonchev–Trinajstić information content (AvgIpc) is 3.21. The van der Waals surface area contributed by atoms with Crippen LogP contribution in [-0.4, -0.2) is 54.7 Å². The first-order chi connectivity index (χ1) is 17.7. The van der Waals surface area contributed by atoms with Gasteiger partial charge in [-0.25, -0.2) is 13.2 Å². The van der Waals surface area contributed by atoms with Gasteiger partial charge < -0.3 is 15.2 Å². The zero-order valence-corrected chi connectivity index (χ0v) is 21.6. The lowest BCUT2D eigenvalue weighted by molar-refractivity contribution is -0.142. The minimum atomic E-state index is -2.35. The molecule has 0 saturated carbocycles. The lowest BCUT2D eigenvalue weighted by atomic mass is 9.83. The van der Waals surface area contributed by atoms with Crippen LogP contribution >= 0.6 is 0 Å². The summed E-state index contributed by atoms with van der Waals surface area (Å²) in [6.45, 7) is 6.74. The van der Waals surface area contributed by atoms with Gasteiger partial charge in [0.05, 0.1) is 12.0 Å². The maximum absolute atomic E-state index is 15.7. The molecule has 2 N–H and O–H groups in total. The largest absolute Gasteiger partial charge is 0.492 e. The molecule has 200 valence electrons. The summed E-state index contributed by atoms with van der Waals surface area (Å²) >= 11 is 0.